The third-order valence-electron chi connectivity index (χ3n) is 2.97. The highest BCUT2D eigenvalue weighted by Gasteiger charge is 2.14. The Morgan fingerprint density at radius 2 is 2.10 bits per heavy atom. The molecule has 2 heterocycles. The molecule has 1 aliphatic rings. The lowest BCUT2D eigenvalue weighted by atomic mass is 10.2. The number of ether oxygens (including phenoxy) is 3. The highest BCUT2D eigenvalue weighted by atomic mass is 16.7. The van der Waals surface area contributed by atoms with E-state index in [1.54, 1.807) is 12.1 Å². The van der Waals surface area contributed by atoms with Crippen LogP contribution >= 0.6 is 0 Å². The van der Waals surface area contributed by atoms with Crippen molar-refractivity contribution in [3.63, 3.8) is 0 Å². The Morgan fingerprint density at radius 1 is 1.24 bits per heavy atom. The van der Waals surface area contributed by atoms with Crippen molar-refractivity contribution in [1.29, 1.82) is 0 Å². The van der Waals surface area contributed by atoms with E-state index >= 15 is 0 Å². The molecule has 0 saturated carbocycles. The van der Waals surface area contributed by atoms with Crippen molar-refractivity contribution in [3.05, 3.63) is 41.6 Å². The number of carbonyl (C=O) groups excluding carboxylic acids is 1. The van der Waals surface area contributed by atoms with Gasteiger partial charge in [-0.1, -0.05) is 6.07 Å². The van der Waals surface area contributed by atoms with Gasteiger partial charge in [0.25, 0.3) is 5.91 Å². The SMILES string of the molecule is COc1ccc(C(=O)NCc2ccc3c(c2)OCO3)nn1. The standard InChI is InChI=1S/C14H13N3O4/c1-19-13-5-3-10(16-17-13)14(18)15-7-9-2-4-11-12(6-9)21-8-20-11/h2-6H,7-8H2,1H3,(H,15,18). The number of nitrogens with one attached hydrogen (secondary N) is 1. The van der Waals surface area contributed by atoms with Gasteiger partial charge in [0.2, 0.25) is 12.7 Å². The van der Waals surface area contributed by atoms with Gasteiger partial charge in [-0.05, 0) is 23.8 Å². The Hall–Kier alpha value is -2.83. The van der Waals surface area contributed by atoms with Crippen LogP contribution < -0.4 is 19.5 Å². The molecule has 0 fully saturated rings. The maximum atomic E-state index is 11.9. The summed E-state index contributed by atoms with van der Waals surface area (Å²) in [6.07, 6.45) is 0. The molecule has 2 aromatic rings. The van der Waals surface area contributed by atoms with Crippen LogP contribution in [-0.4, -0.2) is 30.0 Å². The fraction of sp³-hybridized carbons (Fsp3) is 0.214. The molecule has 0 aliphatic carbocycles. The van der Waals surface area contributed by atoms with E-state index in [9.17, 15) is 4.79 Å². The normalized spacial score (nSPS) is 12.0. The first-order valence-corrected chi connectivity index (χ1v) is 6.31. The number of nitrogens with zero attached hydrogens (tertiary/aromatic N) is 2. The van der Waals surface area contributed by atoms with Gasteiger partial charge in [0.15, 0.2) is 17.2 Å². The summed E-state index contributed by atoms with van der Waals surface area (Å²) in [7, 11) is 1.49. The van der Waals surface area contributed by atoms with Gasteiger partial charge in [-0.25, -0.2) is 0 Å². The van der Waals surface area contributed by atoms with E-state index in [-0.39, 0.29) is 18.4 Å². The molecule has 1 amide bonds. The van der Waals surface area contributed by atoms with Crippen molar-refractivity contribution < 1.29 is 19.0 Å². The number of carbonyl (C=O) groups is 1. The number of hydrogen-bond donors (Lipinski definition) is 1. The van der Waals surface area contributed by atoms with Crippen molar-refractivity contribution in [2.75, 3.05) is 13.9 Å². The zero-order valence-corrected chi connectivity index (χ0v) is 11.3. The van der Waals surface area contributed by atoms with Crippen LogP contribution in [0.3, 0.4) is 0 Å². The molecular weight excluding hydrogens is 274 g/mol. The van der Waals surface area contributed by atoms with Crippen LogP contribution in [0, 0.1) is 0 Å². The van der Waals surface area contributed by atoms with Crippen LogP contribution in [0.2, 0.25) is 0 Å². The zero-order valence-electron chi connectivity index (χ0n) is 11.3. The average molecular weight is 287 g/mol. The third kappa shape index (κ3) is 2.86. The molecule has 0 spiro atoms. The molecule has 0 atom stereocenters. The molecule has 0 saturated heterocycles. The Kier molecular flexibility index (Phi) is 3.55. The van der Waals surface area contributed by atoms with Crippen molar-refractivity contribution in [2.24, 2.45) is 0 Å². The van der Waals surface area contributed by atoms with Crippen LogP contribution in [0.4, 0.5) is 0 Å². The molecule has 0 bridgehead atoms. The lowest BCUT2D eigenvalue weighted by molar-refractivity contribution is 0.0944. The van der Waals surface area contributed by atoms with Crippen LogP contribution in [0.5, 0.6) is 17.4 Å². The quantitative estimate of drug-likeness (QED) is 0.908. The van der Waals surface area contributed by atoms with E-state index in [0.717, 1.165) is 5.56 Å². The van der Waals surface area contributed by atoms with E-state index in [4.69, 9.17) is 14.2 Å². The second-order valence-corrected chi connectivity index (χ2v) is 4.33. The maximum absolute atomic E-state index is 11.9. The van der Waals surface area contributed by atoms with Crippen molar-refractivity contribution in [2.45, 2.75) is 6.54 Å². The molecule has 3 rings (SSSR count). The fourth-order valence-electron chi connectivity index (χ4n) is 1.87. The van der Waals surface area contributed by atoms with E-state index in [0.29, 0.717) is 23.9 Å². The van der Waals surface area contributed by atoms with Crippen molar-refractivity contribution in [3.8, 4) is 17.4 Å². The minimum Gasteiger partial charge on any atom is -0.480 e. The van der Waals surface area contributed by atoms with Crippen LogP contribution in [0.25, 0.3) is 0 Å². The van der Waals surface area contributed by atoms with Crippen LogP contribution in [0.1, 0.15) is 16.1 Å². The fourth-order valence-corrected chi connectivity index (χ4v) is 1.87. The van der Waals surface area contributed by atoms with Gasteiger partial charge >= 0.3 is 0 Å². The van der Waals surface area contributed by atoms with Gasteiger partial charge in [-0.2, -0.15) is 0 Å². The minimum atomic E-state index is -0.303. The molecule has 108 valence electrons. The van der Waals surface area contributed by atoms with Gasteiger partial charge in [0.05, 0.1) is 7.11 Å². The lowest BCUT2D eigenvalue weighted by Gasteiger charge is -2.06. The van der Waals surface area contributed by atoms with E-state index in [1.807, 2.05) is 18.2 Å². The average Bonchev–Trinajstić information content (AvgIpc) is 3.00. The molecule has 1 aliphatic heterocycles. The predicted octanol–water partition coefficient (Wildman–Crippen LogP) is 1.14. The molecule has 7 heteroatoms. The monoisotopic (exact) mass is 287 g/mol. The zero-order chi connectivity index (χ0) is 14.7. The Morgan fingerprint density at radius 3 is 2.86 bits per heavy atom. The van der Waals surface area contributed by atoms with Crippen LogP contribution in [-0.2, 0) is 6.54 Å². The number of rotatable bonds is 4. The largest absolute Gasteiger partial charge is 0.480 e. The summed E-state index contributed by atoms with van der Waals surface area (Å²) in [4.78, 5) is 11.9. The molecule has 1 aromatic heterocycles. The lowest BCUT2D eigenvalue weighted by Crippen LogP contribution is -2.24. The number of hydrogen-bond acceptors (Lipinski definition) is 6. The first-order chi connectivity index (χ1) is 10.3. The number of amides is 1. The summed E-state index contributed by atoms with van der Waals surface area (Å²) in [6.45, 7) is 0.593. The topological polar surface area (TPSA) is 82.6 Å². The van der Waals surface area contributed by atoms with Gasteiger partial charge < -0.3 is 19.5 Å². The Labute approximate surface area is 120 Å². The highest BCUT2D eigenvalue weighted by Crippen LogP contribution is 2.32. The summed E-state index contributed by atoms with van der Waals surface area (Å²) in [6, 6.07) is 8.66. The summed E-state index contributed by atoms with van der Waals surface area (Å²) >= 11 is 0. The second kappa shape index (κ2) is 5.66. The Bertz CT molecular complexity index is 658. The first-order valence-electron chi connectivity index (χ1n) is 6.31. The summed E-state index contributed by atoms with van der Waals surface area (Å²) in [5, 5.41) is 10.3. The first kappa shape index (κ1) is 13.2. The van der Waals surface area contributed by atoms with E-state index in [2.05, 4.69) is 15.5 Å². The summed E-state index contributed by atoms with van der Waals surface area (Å²) < 4.78 is 15.4. The summed E-state index contributed by atoms with van der Waals surface area (Å²) in [5.41, 5.74) is 1.14. The predicted molar refractivity (Wildman–Crippen MR) is 72.3 cm³/mol. The number of benzene rings is 1. The smallest absolute Gasteiger partial charge is 0.272 e. The third-order valence-corrected chi connectivity index (χ3v) is 2.97. The second-order valence-electron chi connectivity index (χ2n) is 4.33. The molecule has 0 unspecified atom stereocenters. The number of methoxy groups -OCH3 is 1. The number of aromatic nitrogens is 2. The molecule has 21 heavy (non-hydrogen) atoms. The molecule has 7 nitrogen and oxygen atoms in total. The molecule has 1 N–H and O–H groups in total. The molecular formula is C14H13N3O4. The van der Waals surface area contributed by atoms with Crippen molar-refractivity contribution in [1.82, 2.24) is 15.5 Å². The van der Waals surface area contributed by atoms with E-state index in [1.165, 1.54) is 7.11 Å². The minimum absolute atomic E-state index is 0.229. The van der Waals surface area contributed by atoms with Crippen molar-refractivity contribution >= 4 is 5.91 Å². The van der Waals surface area contributed by atoms with Gasteiger partial charge in [-0.3, -0.25) is 4.79 Å². The van der Waals surface area contributed by atoms with Gasteiger partial charge in [0.1, 0.15) is 0 Å². The summed E-state index contributed by atoms with van der Waals surface area (Å²) in [5.74, 6) is 1.46. The van der Waals surface area contributed by atoms with Crippen LogP contribution in [0.15, 0.2) is 30.3 Å². The Balaban J connectivity index is 1.62. The molecule has 1 aromatic carbocycles. The van der Waals surface area contributed by atoms with Gasteiger partial charge in [-0.15, -0.1) is 10.2 Å². The maximum Gasteiger partial charge on any atom is 0.272 e. The highest BCUT2D eigenvalue weighted by molar-refractivity contribution is 5.92. The van der Waals surface area contributed by atoms with E-state index < -0.39 is 0 Å². The van der Waals surface area contributed by atoms with Gasteiger partial charge in [0, 0.05) is 12.6 Å². The molecule has 0 radical (unpaired) electrons. The number of fused-ring (bicyclic) bond motifs is 1.